The summed E-state index contributed by atoms with van der Waals surface area (Å²) in [6, 6.07) is 8.48. The third-order valence-corrected chi connectivity index (χ3v) is 4.85. The molecule has 27 heavy (non-hydrogen) atoms. The molecule has 1 heterocycles. The SMILES string of the molecule is COc1ccccc1N=Cc1c(O)c([N+](=O)[O-])cc2oc3c(c12)CCCC3. The standard InChI is InChI=1S/C20H18N2O5/c1-26-17-9-5-3-7-14(17)21-11-13-19-12-6-2-4-8-16(12)27-18(19)10-15(20(13)23)22(24)25/h3,5,7,9-11,23H,2,4,6,8H2,1H3. The quantitative estimate of drug-likeness (QED) is 0.410. The number of hydrogen-bond acceptors (Lipinski definition) is 6. The van der Waals surface area contributed by atoms with E-state index in [1.165, 1.54) is 12.3 Å². The monoisotopic (exact) mass is 366 g/mol. The van der Waals surface area contributed by atoms with Crippen molar-refractivity contribution in [2.75, 3.05) is 7.11 Å². The van der Waals surface area contributed by atoms with E-state index in [-0.39, 0.29) is 0 Å². The molecule has 0 fully saturated rings. The van der Waals surface area contributed by atoms with Gasteiger partial charge in [0.15, 0.2) is 0 Å². The van der Waals surface area contributed by atoms with Crippen molar-refractivity contribution in [3.63, 3.8) is 0 Å². The lowest BCUT2D eigenvalue weighted by molar-refractivity contribution is -0.385. The number of ether oxygens (including phenoxy) is 1. The number of nitrogens with zero attached hydrogens (tertiary/aromatic N) is 2. The maximum absolute atomic E-state index is 11.4. The van der Waals surface area contributed by atoms with Crippen molar-refractivity contribution in [2.24, 2.45) is 4.99 Å². The summed E-state index contributed by atoms with van der Waals surface area (Å²) in [6.45, 7) is 0. The summed E-state index contributed by atoms with van der Waals surface area (Å²) in [5, 5.41) is 22.7. The number of para-hydroxylation sites is 2. The van der Waals surface area contributed by atoms with E-state index >= 15 is 0 Å². The molecule has 1 N–H and O–H groups in total. The number of benzene rings is 2. The third kappa shape index (κ3) is 2.91. The molecular formula is C20H18N2O5. The number of hydrogen-bond donors (Lipinski definition) is 1. The number of phenols is 1. The van der Waals surface area contributed by atoms with Crippen LogP contribution in [0, 0.1) is 10.1 Å². The number of aromatic hydroxyl groups is 1. The molecule has 1 aromatic heterocycles. The molecule has 0 saturated carbocycles. The van der Waals surface area contributed by atoms with E-state index < -0.39 is 16.4 Å². The second-order valence-electron chi connectivity index (χ2n) is 6.43. The molecule has 0 radical (unpaired) electrons. The Labute approximate surface area is 155 Å². The van der Waals surface area contributed by atoms with Gasteiger partial charge >= 0.3 is 5.69 Å². The zero-order chi connectivity index (χ0) is 19.0. The Morgan fingerprint density at radius 2 is 2.07 bits per heavy atom. The minimum atomic E-state index is -0.614. The molecule has 3 aromatic rings. The van der Waals surface area contributed by atoms with Gasteiger partial charge in [0, 0.05) is 23.6 Å². The first kappa shape index (κ1) is 17.1. The predicted octanol–water partition coefficient (Wildman–Crippen LogP) is 4.68. The van der Waals surface area contributed by atoms with Crippen LogP contribution in [0.15, 0.2) is 39.7 Å². The summed E-state index contributed by atoms with van der Waals surface area (Å²) in [7, 11) is 1.55. The third-order valence-electron chi connectivity index (χ3n) is 4.85. The van der Waals surface area contributed by atoms with Crippen LogP contribution in [0.4, 0.5) is 11.4 Å². The number of aryl methyl sites for hydroxylation is 2. The molecular weight excluding hydrogens is 348 g/mol. The number of nitro groups is 1. The fourth-order valence-electron chi connectivity index (χ4n) is 3.57. The van der Waals surface area contributed by atoms with Crippen molar-refractivity contribution in [3.8, 4) is 11.5 Å². The van der Waals surface area contributed by atoms with E-state index in [4.69, 9.17) is 9.15 Å². The molecule has 0 atom stereocenters. The number of rotatable bonds is 4. The van der Waals surface area contributed by atoms with Crippen LogP contribution in [0.1, 0.15) is 29.7 Å². The molecule has 0 spiro atoms. The van der Waals surface area contributed by atoms with Gasteiger partial charge in [0.05, 0.1) is 23.7 Å². The molecule has 1 aliphatic rings. The lowest BCUT2D eigenvalue weighted by Gasteiger charge is -2.10. The highest BCUT2D eigenvalue weighted by molar-refractivity contribution is 6.05. The van der Waals surface area contributed by atoms with Crippen molar-refractivity contribution in [1.82, 2.24) is 0 Å². The van der Waals surface area contributed by atoms with Gasteiger partial charge in [0.2, 0.25) is 5.75 Å². The van der Waals surface area contributed by atoms with Crippen LogP contribution in [0.3, 0.4) is 0 Å². The minimum absolute atomic E-state index is 0.303. The molecule has 1 aliphatic carbocycles. The van der Waals surface area contributed by atoms with Crippen LogP contribution < -0.4 is 4.74 Å². The second-order valence-corrected chi connectivity index (χ2v) is 6.43. The van der Waals surface area contributed by atoms with Gasteiger partial charge in [-0.1, -0.05) is 12.1 Å². The maximum atomic E-state index is 11.4. The lowest BCUT2D eigenvalue weighted by atomic mass is 9.93. The fourth-order valence-corrected chi connectivity index (χ4v) is 3.57. The Morgan fingerprint density at radius 3 is 2.85 bits per heavy atom. The Hall–Kier alpha value is -3.35. The Bertz CT molecular complexity index is 1070. The fraction of sp³-hybridized carbons (Fsp3) is 0.250. The highest BCUT2D eigenvalue weighted by Gasteiger charge is 2.27. The van der Waals surface area contributed by atoms with Crippen molar-refractivity contribution < 1.29 is 19.2 Å². The normalized spacial score (nSPS) is 13.8. The molecule has 4 rings (SSSR count). The van der Waals surface area contributed by atoms with Crippen LogP contribution in [-0.4, -0.2) is 23.4 Å². The number of aliphatic imine (C=N–C) groups is 1. The Morgan fingerprint density at radius 1 is 1.30 bits per heavy atom. The van der Waals surface area contributed by atoms with Gasteiger partial charge in [0.25, 0.3) is 0 Å². The number of nitro benzene ring substituents is 1. The first-order valence-corrected chi connectivity index (χ1v) is 8.72. The summed E-state index contributed by atoms with van der Waals surface area (Å²) in [6.07, 6.45) is 5.09. The van der Waals surface area contributed by atoms with Gasteiger partial charge in [-0.15, -0.1) is 0 Å². The van der Waals surface area contributed by atoms with Crippen molar-refractivity contribution in [2.45, 2.75) is 25.7 Å². The lowest BCUT2D eigenvalue weighted by Crippen LogP contribution is -2.00. The number of phenolic OH excluding ortho intramolecular Hbond substituents is 1. The molecule has 0 amide bonds. The number of fused-ring (bicyclic) bond motifs is 3. The van der Waals surface area contributed by atoms with Gasteiger partial charge < -0.3 is 14.3 Å². The molecule has 0 saturated heterocycles. The first-order chi connectivity index (χ1) is 13.1. The van der Waals surface area contributed by atoms with Crippen LogP contribution >= 0.6 is 0 Å². The van der Waals surface area contributed by atoms with Gasteiger partial charge in [-0.2, -0.15) is 0 Å². The van der Waals surface area contributed by atoms with E-state index in [0.29, 0.717) is 28.0 Å². The summed E-state index contributed by atoms with van der Waals surface area (Å²) in [4.78, 5) is 15.2. The number of methoxy groups -OCH3 is 1. The number of furan rings is 1. The summed E-state index contributed by atoms with van der Waals surface area (Å²) in [5.41, 5.74) is 1.89. The van der Waals surface area contributed by atoms with Crippen LogP contribution in [0.5, 0.6) is 11.5 Å². The maximum Gasteiger partial charge on any atom is 0.315 e. The van der Waals surface area contributed by atoms with Crippen molar-refractivity contribution >= 4 is 28.6 Å². The Kier molecular flexibility index (Phi) is 4.27. The van der Waals surface area contributed by atoms with Crippen molar-refractivity contribution in [1.29, 1.82) is 0 Å². The van der Waals surface area contributed by atoms with Gasteiger partial charge in [-0.05, 0) is 31.4 Å². The molecule has 7 heteroatoms. The van der Waals surface area contributed by atoms with E-state index in [0.717, 1.165) is 37.0 Å². The van der Waals surface area contributed by atoms with Gasteiger partial charge in [-0.3, -0.25) is 15.1 Å². The minimum Gasteiger partial charge on any atom is -0.502 e. The molecule has 0 unspecified atom stereocenters. The highest BCUT2D eigenvalue weighted by Crippen LogP contribution is 2.41. The predicted molar refractivity (Wildman–Crippen MR) is 101 cm³/mol. The van der Waals surface area contributed by atoms with Crippen LogP contribution in [0.25, 0.3) is 11.0 Å². The Balaban J connectivity index is 1.94. The zero-order valence-electron chi connectivity index (χ0n) is 14.8. The summed E-state index contributed by atoms with van der Waals surface area (Å²) < 4.78 is 11.2. The van der Waals surface area contributed by atoms with Crippen LogP contribution in [-0.2, 0) is 12.8 Å². The molecule has 2 aromatic carbocycles. The zero-order valence-corrected chi connectivity index (χ0v) is 14.8. The molecule has 0 bridgehead atoms. The van der Waals surface area contributed by atoms with Crippen molar-refractivity contribution in [3.05, 3.63) is 57.3 Å². The molecule has 0 aliphatic heterocycles. The summed E-state index contributed by atoms with van der Waals surface area (Å²) in [5.74, 6) is 1.01. The summed E-state index contributed by atoms with van der Waals surface area (Å²) >= 11 is 0. The van der Waals surface area contributed by atoms with E-state index in [1.54, 1.807) is 19.2 Å². The topological polar surface area (TPSA) is 98.1 Å². The average Bonchev–Trinajstić information content (AvgIpc) is 3.05. The van der Waals surface area contributed by atoms with E-state index in [1.807, 2.05) is 12.1 Å². The largest absolute Gasteiger partial charge is 0.502 e. The smallest absolute Gasteiger partial charge is 0.315 e. The van der Waals surface area contributed by atoms with E-state index in [9.17, 15) is 15.2 Å². The second kappa shape index (κ2) is 6.75. The van der Waals surface area contributed by atoms with Gasteiger partial charge in [-0.25, -0.2) is 0 Å². The molecule has 7 nitrogen and oxygen atoms in total. The van der Waals surface area contributed by atoms with E-state index in [2.05, 4.69) is 4.99 Å². The highest BCUT2D eigenvalue weighted by atomic mass is 16.6. The molecule has 138 valence electrons. The first-order valence-electron chi connectivity index (χ1n) is 8.72. The van der Waals surface area contributed by atoms with Gasteiger partial charge in [0.1, 0.15) is 22.8 Å². The van der Waals surface area contributed by atoms with Crippen LogP contribution in [0.2, 0.25) is 0 Å². The average molecular weight is 366 g/mol.